The van der Waals surface area contributed by atoms with E-state index in [0.717, 1.165) is 0 Å². The number of hydrogen-bond acceptors (Lipinski definition) is 5. The van der Waals surface area contributed by atoms with Crippen molar-refractivity contribution in [2.45, 2.75) is 11.9 Å². The molecule has 1 aliphatic heterocycles. The summed E-state index contributed by atoms with van der Waals surface area (Å²) in [5, 5.41) is 2.69. The fourth-order valence-electron chi connectivity index (χ4n) is 1.05. The molecule has 0 radical (unpaired) electrons. The van der Waals surface area contributed by atoms with Crippen LogP contribution >= 0.6 is 0 Å². The number of sulfonamides is 1. The van der Waals surface area contributed by atoms with Gasteiger partial charge in [-0.3, -0.25) is 0 Å². The first-order chi connectivity index (χ1) is 6.09. The number of anilines is 1. The highest BCUT2D eigenvalue weighted by Crippen LogP contribution is 2.22. The number of rotatable bonds is 0. The fourth-order valence-corrected chi connectivity index (χ4v) is 2.11. The smallest absolute Gasteiger partial charge is 0.303 e. The molecule has 13 heavy (non-hydrogen) atoms. The summed E-state index contributed by atoms with van der Waals surface area (Å²) in [6.45, 7) is 1.56. The van der Waals surface area contributed by atoms with E-state index >= 15 is 0 Å². The molecular formula is C6H6N4O2S. The molecule has 0 unspecified atom stereocenters. The van der Waals surface area contributed by atoms with Gasteiger partial charge in [-0.15, -0.1) is 4.40 Å². The first kappa shape index (κ1) is 8.11. The van der Waals surface area contributed by atoms with E-state index < -0.39 is 10.0 Å². The van der Waals surface area contributed by atoms with Crippen molar-refractivity contribution < 1.29 is 8.42 Å². The Labute approximate surface area is 74.8 Å². The first-order valence-electron chi connectivity index (χ1n) is 3.48. The van der Waals surface area contributed by atoms with Crippen LogP contribution in [0, 0.1) is 0 Å². The van der Waals surface area contributed by atoms with Crippen molar-refractivity contribution in [2.75, 3.05) is 5.32 Å². The van der Waals surface area contributed by atoms with E-state index in [0.29, 0.717) is 11.5 Å². The van der Waals surface area contributed by atoms with Crippen LogP contribution in [0.4, 0.5) is 5.69 Å². The summed E-state index contributed by atoms with van der Waals surface area (Å²) in [7, 11) is -3.62. The van der Waals surface area contributed by atoms with Crippen molar-refractivity contribution in [3.63, 3.8) is 0 Å². The Bertz CT molecular complexity index is 479. The predicted octanol–water partition coefficient (Wildman–Crippen LogP) is 0.00920. The van der Waals surface area contributed by atoms with Gasteiger partial charge in [0.05, 0.1) is 11.9 Å². The average molecular weight is 198 g/mol. The zero-order chi connectivity index (χ0) is 9.47. The highest BCUT2D eigenvalue weighted by molar-refractivity contribution is 7.90. The van der Waals surface area contributed by atoms with E-state index in [2.05, 4.69) is 19.7 Å². The van der Waals surface area contributed by atoms with Gasteiger partial charge in [0.15, 0.2) is 0 Å². The lowest BCUT2D eigenvalue weighted by Crippen LogP contribution is -2.19. The standard InChI is InChI=1S/C6H6N4O2S/c1-4-9-5-2-7-3-8-6(5)13(11,12)10-4/h2-3H,1H3,(H,9,10). The van der Waals surface area contributed by atoms with Gasteiger partial charge in [-0.05, 0) is 6.92 Å². The zero-order valence-electron chi connectivity index (χ0n) is 6.72. The molecule has 2 rings (SSSR count). The van der Waals surface area contributed by atoms with Gasteiger partial charge in [0.1, 0.15) is 12.2 Å². The minimum Gasteiger partial charge on any atom is -0.340 e. The molecule has 0 fully saturated rings. The third-order valence-corrected chi connectivity index (χ3v) is 2.82. The minimum absolute atomic E-state index is 0.0758. The van der Waals surface area contributed by atoms with Gasteiger partial charge < -0.3 is 5.32 Å². The topological polar surface area (TPSA) is 84.3 Å². The Balaban J connectivity index is 2.73. The molecule has 1 aromatic heterocycles. The van der Waals surface area contributed by atoms with Gasteiger partial charge in [-0.25, -0.2) is 9.97 Å². The average Bonchev–Trinajstić information content (AvgIpc) is 2.02. The highest BCUT2D eigenvalue weighted by Gasteiger charge is 2.24. The van der Waals surface area contributed by atoms with Crippen molar-refractivity contribution >= 4 is 21.5 Å². The summed E-state index contributed by atoms with van der Waals surface area (Å²) in [5.74, 6) is 0.322. The lowest BCUT2D eigenvalue weighted by molar-refractivity contribution is 0.593. The van der Waals surface area contributed by atoms with Crippen LogP contribution in [0.2, 0.25) is 0 Å². The third-order valence-electron chi connectivity index (χ3n) is 1.49. The third kappa shape index (κ3) is 1.26. The Morgan fingerprint density at radius 1 is 1.46 bits per heavy atom. The summed E-state index contributed by atoms with van der Waals surface area (Å²) < 4.78 is 26.2. The summed E-state index contributed by atoms with van der Waals surface area (Å²) in [5.41, 5.74) is 0.370. The molecule has 0 saturated carbocycles. The fraction of sp³-hybridized carbons (Fsp3) is 0.167. The minimum atomic E-state index is -3.62. The molecule has 0 saturated heterocycles. The molecular weight excluding hydrogens is 192 g/mol. The summed E-state index contributed by atoms with van der Waals surface area (Å²) in [6, 6.07) is 0. The molecule has 0 spiro atoms. The summed E-state index contributed by atoms with van der Waals surface area (Å²) in [4.78, 5) is 7.34. The number of fused-ring (bicyclic) bond motifs is 1. The van der Waals surface area contributed by atoms with Crippen molar-refractivity contribution in [3.8, 4) is 0 Å². The lowest BCUT2D eigenvalue weighted by atomic mass is 10.5. The molecule has 1 aliphatic rings. The maximum Gasteiger partial charge on any atom is 0.303 e. The van der Waals surface area contributed by atoms with Gasteiger partial charge in [0.2, 0.25) is 5.03 Å². The quantitative estimate of drug-likeness (QED) is 0.593. The normalized spacial score (nSPS) is 18.4. The molecule has 0 amide bonds. The predicted molar refractivity (Wildman–Crippen MR) is 45.9 cm³/mol. The number of hydrogen-bond donors (Lipinski definition) is 1. The van der Waals surface area contributed by atoms with E-state index in [9.17, 15) is 8.42 Å². The largest absolute Gasteiger partial charge is 0.340 e. The number of nitrogens with zero attached hydrogens (tertiary/aromatic N) is 3. The molecule has 6 nitrogen and oxygen atoms in total. The summed E-state index contributed by atoms with van der Waals surface area (Å²) >= 11 is 0. The van der Waals surface area contributed by atoms with Crippen LogP contribution in [0.3, 0.4) is 0 Å². The molecule has 68 valence electrons. The van der Waals surface area contributed by atoms with Crippen molar-refractivity contribution in [3.05, 3.63) is 12.5 Å². The van der Waals surface area contributed by atoms with Crippen LogP contribution in [-0.2, 0) is 10.0 Å². The van der Waals surface area contributed by atoms with Crippen LogP contribution in [0.5, 0.6) is 0 Å². The second-order valence-electron chi connectivity index (χ2n) is 2.52. The monoisotopic (exact) mass is 198 g/mol. The number of amidine groups is 1. The van der Waals surface area contributed by atoms with Crippen LogP contribution < -0.4 is 5.32 Å². The first-order valence-corrected chi connectivity index (χ1v) is 4.92. The van der Waals surface area contributed by atoms with Gasteiger partial charge in [0.25, 0.3) is 0 Å². The second kappa shape index (κ2) is 2.49. The Morgan fingerprint density at radius 3 is 3.00 bits per heavy atom. The summed E-state index contributed by atoms with van der Waals surface area (Å²) in [6.07, 6.45) is 2.58. The zero-order valence-corrected chi connectivity index (χ0v) is 7.54. The van der Waals surface area contributed by atoms with Gasteiger partial charge in [-0.2, -0.15) is 8.42 Å². The lowest BCUT2D eigenvalue weighted by Gasteiger charge is -2.13. The van der Waals surface area contributed by atoms with E-state index in [4.69, 9.17) is 0 Å². The van der Waals surface area contributed by atoms with Crippen LogP contribution in [0.25, 0.3) is 0 Å². The van der Waals surface area contributed by atoms with E-state index in [-0.39, 0.29) is 5.03 Å². The van der Waals surface area contributed by atoms with E-state index in [1.165, 1.54) is 12.5 Å². The van der Waals surface area contributed by atoms with Gasteiger partial charge >= 0.3 is 10.0 Å². The highest BCUT2D eigenvalue weighted by atomic mass is 32.2. The van der Waals surface area contributed by atoms with E-state index in [1.807, 2.05) is 0 Å². The molecule has 0 aromatic carbocycles. The maximum atomic E-state index is 11.4. The van der Waals surface area contributed by atoms with Crippen LogP contribution in [-0.4, -0.2) is 24.2 Å². The Morgan fingerprint density at radius 2 is 2.23 bits per heavy atom. The number of aromatic nitrogens is 2. The van der Waals surface area contributed by atoms with Crippen LogP contribution in [0.15, 0.2) is 21.9 Å². The molecule has 0 atom stereocenters. The molecule has 1 aromatic rings. The Hall–Kier alpha value is -1.50. The molecule has 2 heterocycles. The Kier molecular flexibility index (Phi) is 1.56. The van der Waals surface area contributed by atoms with E-state index in [1.54, 1.807) is 6.92 Å². The molecule has 1 N–H and O–H groups in total. The molecule has 7 heteroatoms. The molecule has 0 bridgehead atoms. The molecule has 0 aliphatic carbocycles. The number of nitrogens with one attached hydrogen (secondary N) is 1. The van der Waals surface area contributed by atoms with Crippen molar-refractivity contribution in [1.82, 2.24) is 9.97 Å². The SMILES string of the molecule is CC1=NS(=O)(=O)c2ncncc2N1. The van der Waals surface area contributed by atoms with Crippen molar-refractivity contribution in [1.29, 1.82) is 0 Å². The maximum absolute atomic E-state index is 11.4. The second-order valence-corrected chi connectivity index (χ2v) is 4.04. The van der Waals surface area contributed by atoms with Crippen LogP contribution in [0.1, 0.15) is 6.92 Å². The van der Waals surface area contributed by atoms with Gasteiger partial charge in [-0.1, -0.05) is 0 Å². The van der Waals surface area contributed by atoms with Gasteiger partial charge in [0, 0.05) is 0 Å². The van der Waals surface area contributed by atoms with Crippen molar-refractivity contribution in [2.24, 2.45) is 4.40 Å².